The average Bonchev–Trinajstić information content (AvgIpc) is 2.34. The van der Waals surface area contributed by atoms with Gasteiger partial charge in [-0.2, -0.15) is 0 Å². The van der Waals surface area contributed by atoms with Crippen LogP contribution >= 0.6 is 0 Å². The first-order valence-electron chi connectivity index (χ1n) is 3.98. The second-order valence-corrected chi connectivity index (χ2v) is 3.19. The third-order valence-electron chi connectivity index (χ3n) is 2.54. The molecular weight excluding hydrogens is 124 g/mol. The third-order valence-corrected chi connectivity index (χ3v) is 2.54. The van der Waals surface area contributed by atoms with E-state index in [1.807, 2.05) is 0 Å². The molecule has 1 aliphatic rings. The zero-order valence-corrected chi connectivity index (χ0v) is 6.89. The van der Waals surface area contributed by atoms with Crippen molar-refractivity contribution in [2.24, 2.45) is 11.8 Å². The molecular formula is C9H16O. The summed E-state index contributed by atoms with van der Waals surface area (Å²) in [5.74, 6) is 2.39. The molecule has 0 aromatic carbocycles. The summed E-state index contributed by atoms with van der Waals surface area (Å²) in [6, 6.07) is 0. The quantitative estimate of drug-likeness (QED) is 0.536. The predicted octanol–water partition coefficient (Wildman–Crippen LogP) is 2.58. The van der Waals surface area contributed by atoms with Gasteiger partial charge in [0.1, 0.15) is 0 Å². The van der Waals surface area contributed by atoms with E-state index in [1.54, 1.807) is 7.11 Å². The van der Waals surface area contributed by atoms with Crippen molar-refractivity contribution in [1.82, 2.24) is 0 Å². The monoisotopic (exact) mass is 140 g/mol. The third kappa shape index (κ3) is 1.34. The van der Waals surface area contributed by atoms with Crippen molar-refractivity contribution in [3.63, 3.8) is 0 Å². The molecule has 0 aromatic heterocycles. The Bertz CT molecular complexity index is 129. The van der Waals surface area contributed by atoms with Crippen molar-refractivity contribution in [3.05, 3.63) is 12.3 Å². The van der Waals surface area contributed by atoms with Crippen molar-refractivity contribution >= 4 is 0 Å². The summed E-state index contributed by atoms with van der Waals surface area (Å²) in [6.07, 6.45) is 3.95. The summed E-state index contributed by atoms with van der Waals surface area (Å²) in [7, 11) is 1.72. The van der Waals surface area contributed by atoms with Crippen molar-refractivity contribution < 1.29 is 4.74 Å². The maximum atomic E-state index is 5.11. The molecule has 1 aliphatic carbocycles. The first-order valence-corrected chi connectivity index (χ1v) is 3.98. The fourth-order valence-corrected chi connectivity index (χ4v) is 1.78. The van der Waals surface area contributed by atoms with Crippen LogP contribution in [0.5, 0.6) is 0 Å². The molecule has 58 valence electrons. The van der Waals surface area contributed by atoms with Gasteiger partial charge in [-0.05, 0) is 18.8 Å². The van der Waals surface area contributed by atoms with Crippen molar-refractivity contribution in [2.45, 2.75) is 26.2 Å². The lowest BCUT2D eigenvalue weighted by Gasteiger charge is -2.16. The minimum absolute atomic E-state index is 0.630. The van der Waals surface area contributed by atoms with Gasteiger partial charge in [0.15, 0.2) is 0 Å². The van der Waals surface area contributed by atoms with E-state index in [4.69, 9.17) is 4.74 Å². The standard InChI is InChI=1S/C9H16O/c1-7-5-4-6-9(7)8(2)10-3/h7,9H,2,4-6H2,1,3H3/t7-,9-/m1/s1. The van der Waals surface area contributed by atoms with Crippen molar-refractivity contribution in [2.75, 3.05) is 7.11 Å². The number of hydrogen-bond acceptors (Lipinski definition) is 1. The fraction of sp³-hybridized carbons (Fsp3) is 0.778. The first-order chi connectivity index (χ1) is 4.75. The van der Waals surface area contributed by atoms with Crippen LogP contribution in [0.2, 0.25) is 0 Å². The minimum Gasteiger partial charge on any atom is -0.501 e. The van der Waals surface area contributed by atoms with Crippen LogP contribution in [0.15, 0.2) is 12.3 Å². The summed E-state index contributed by atoms with van der Waals surface area (Å²) in [6.45, 7) is 6.16. The minimum atomic E-state index is 0.630. The summed E-state index contributed by atoms with van der Waals surface area (Å²) in [5.41, 5.74) is 0. The van der Waals surface area contributed by atoms with E-state index in [1.165, 1.54) is 19.3 Å². The van der Waals surface area contributed by atoms with Crippen LogP contribution < -0.4 is 0 Å². The highest BCUT2D eigenvalue weighted by atomic mass is 16.5. The summed E-state index contributed by atoms with van der Waals surface area (Å²) in [5, 5.41) is 0. The molecule has 2 atom stereocenters. The molecule has 0 radical (unpaired) electrons. The van der Waals surface area contributed by atoms with Gasteiger partial charge in [0.25, 0.3) is 0 Å². The summed E-state index contributed by atoms with van der Waals surface area (Å²) in [4.78, 5) is 0. The topological polar surface area (TPSA) is 9.23 Å². The van der Waals surface area contributed by atoms with Crippen LogP contribution in [0.3, 0.4) is 0 Å². The van der Waals surface area contributed by atoms with Crippen LogP contribution in [-0.4, -0.2) is 7.11 Å². The molecule has 10 heavy (non-hydrogen) atoms. The lowest BCUT2D eigenvalue weighted by molar-refractivity contribution is 0.225. The normalized spacial score (nSPS) is 32.2. The highest BCUT2D eigenvalue weighted by Crippen LogP contribution is 2.35. The molecule has 0 aromatic rings. The number of rotatable bonds is 2. The maximum Gasteiger partial charge on any atom is 0.0917 e. The Balaban J connectivity index is 2.46. The predicted molar refractivity (Wildman–Crippen MR) is 42.7 cm³/mol. The summed E-state index contributed by atoms with van der Waals surface area (Å²) >= 11 is 0. The van der Waals surface area contributed by atoms with Crippen LogP contribution in [-0.2, 0) is 4.74 Å². The Morgan fingerprint density at radius 1 is 1.50 bits per heavy atom. The highest BCUT2D eigenvalue weighted by Gasteiger charge is 2.25. The number of allylic oxidation sites excluding steroid dienone is 1. The number of ether oxygens (including phenoxy) is 1. The molecule has 0 bridgehead atoms. The first kappa shape index (κ1) is 7.64. The zero-order chi connectivity index (χ0) is 7.56. The Labute approximate surface area is 63.1 Å². The van der Waals surface area contributed by atoms with E-state index in [2.05, 4.69) is 13.5 Å². The molecule has 0 heterocycles. The van der Waals surface area contributed by atoms with E-state index < -0.39 is 0 Å². The lowest BCUT2D eigenvalue weighted by atomic mass is 9.97. The number of methoxy groups -OCH3 is 1. The second kappa shape index (κ2) is 3.09. The van der Waals surface area contributed by atoms with E-state index in [0.717, 1.165) is 11.7 Å². The van der Waals surface area contributed by atoms with Gasteiger partial charge in [0, 0.05) is 5.92 Å². The van der Waals surface area contributed by atoms with Gasteiger partial charge in [-0.3, -0.25) is 0 Å². The Morgan fingerprint density at radius 3 is 2.60 bits per heavy atom. The molecule has 0 spiro atoms. The second-order valence-electron chi connectivity index (χ2n) is 3.19. The van der Waals surface area contributed by atoms with Crippen LogP contribution in [0, 0.1) is 11.8 Å². The van der Waals surface area contributed by atoms with E-state index in [0.29, 0.717) is 5.92 Å². The smallest absolute Gasteiger partial charge is 0.0917 e. The zero-order valence-electron chi connectivity index (χ0n) is 6.89. The fourth-order valence-electron chi connectivity index (χ4n) is 1.78. The van der Waals surface area contributed by atoms with Gasteiger partial charge in [-0.25, -0.2) is 0 Å². The van der Waals surface area contributed by atoms with Gasteiger partial charge in [0.05, 0.1) is 12.9 Å². The van der Waals surface area contributed by atoms with E-state index in [9.17, 15) is 0 Å². The molecule has 0 amide bonds. The molecule has 0 saturated heterocycles. The Kier molecular flexibility index (Phi) is 2.36. The van der Waals surface area contributed by atoms with Gasteiger partial charge < -0.3 is 4.74 Å². The molecule has 1 fully saturated rings. The Hall–Kier alpha value is -0.460. The number of hydrogen-bond donors (Lipinski definition) is 0. The van der Waals surface area contributed by atoms with Gasteiger partial charge in [-0.15, -0.1) is 0 Å². The molecule has 0 N–H and O–H groups in total. The molecule has 1 saturated carbocycles. The van der Waals surface area contributed by atoms with Crippen molar-refractivity contribution in [3.8, 4) is 0 Å². The van der Waals surface area contributed by atoms with Crippen LogP contribution in [0.4, 0.5) is 0 Å². The molecule has 0 aliphatic heterocycles. The highest BCUT2D eigenvalue weighted by molar-refractivity contribution is 4.96. The van der Waals surface area contributed by atoms with Crippen LogP contribution in [0.25, 0.3) is 0 Å². The van der Waals surface area contributed by atoms with E-state index in [-0.39, 0.29) is 0 Å². The van der Waals surface area contributed by atoms with E-state index >= 15 is 0 Å². The molecule has 1 nitrogen and oxygen atoms in total. The maximum absolute atomic E-state index is 5.11. The van der Waals surface area contributed by atoms with Gasteiger partial charge in [0.2, 0.25) is 0 Å². The molecule has 0 unspecified atom stereocenters. The molecule has 1 rings (SSSR count). The van der Waals surface area contributed by atoms with Crippen molar-refractivity contribution in [1.29, 1.82) is 0 Å². The summed E-state index contributed by atoms with van der Waals surface area (Å²) < 4.78 is 5.11. The molecule has 1 heteroatoms. The lowest BCUT2D eigenvalue weighted by Crippen LogP contribution is -2.07. The van der Waals surface area contributed by atoms with Crippen LogP contribution in [0.1, 0.15) is 26.2 Å². The van der Waals surface area contributed by atoms with Gasteiger partial charge >= 0.3 is 0 Å². The SMILES string of the molecule is C=C(OC)[C@@H]1CCC[C@H]1C. The average molecular weight is 140 g/mol. The largest absolute Gasteiger partial charge is 0.501 e. The Morgan fingerprint density at radius 2 is 2.20 bits per heavy atom. The van der Waals surface area contributed by atoms with Gasteiger partial charge in [-0.1, -0.05) is 19.9 Å².